The van der Waals surface area contributed by atoms with E-state index in [0.29, 0.717) is 28.9 Å². The Morgan fingerprint density at radius 2 is 2.40 bits per heavy atom. The molecule has 3 heterocycles. The highest BCUT2D eigenvalue weighted by atomic mass is 32.1. The quantitative estimate of drug-likeness (QED) is 0.879. The van der Waals surface area contributed by atoms with Crippen LogP contribution < -0.4 is 11.1 Å². The number of furan rings is 1. The highest BCUT2D eigenvalue weighted by molar-refractivity contribution is 7.18. The number of nitrogens with one attached hydrogen (secondary N) is 1. The van der Waals surface area contributed by atoms with E-state index in [4.69, 9.17) is 14.9 Å². The summed E-state index contributed by atoms with van der Waals surface area (Å²) in [6.07, 6.45) is 2.56. The van der Waals surface area contributed by atoms with E-state index in [2.05, 4.69) is 15.5 Å². The van der Waals surface area contributed by atoms with Gasteiger partial charge in [-0.25, -0.2) is 0 Å². The fourth-order valence-corrected chi connectivity index (χ4v) is 2.75. The topological polar surface area (TPSA) is 103 Å². The Balaban J connectivity index is 1.62. The van der Waals surface area contributed by atoms with Crippen LogP contribution in [0.1, 0.15) is 12.8 Å². The van der Waals surface area contributed by atoms with Gasteiger partial charge < -0.3 is 14.9 Å². The average molecular weight is 294 g/mol. The van der Waals surface area contributed by atoms with Crippen LogP contribution >= 0.6 is 11.3 Å². The number of nitrogens with zero attached hydrogens (tertiary/aromatic N) is 2. The summed E-state index contributed by atoms with van der Waals surface area (Å²) in [5.74, 6) is 0.423. The second-order valence-electron chi connectivity index (χ2n) is 4.44. The number of amides is 1. The van der Waals surface area contributed by atoms with Crippen molar-refractivity contribution in [3.05, 3.63) is 18.4 Å². The molecule has 8 heteroatoms. The molecule has 1 aliphatic rings. The molecule has 106 valence electrons. The first-order chi connectivity index (χ1) is 9.76. The lowest BCUT2D eigenvalue weighted by Crippen LogP contribution is -2.29. The van der Waals surface area contributed by atoms with Gasteiger partial charge in [0.05, 0.1) is 12.4 Å². The normalized spacial score (nSPS) is 22.1. The van der Waals surface area contributed by atoms with Crippen molar-refractivity contribution in [2.24, 2.45) is 5.73 Å². The number of carbonyl (C=O) groups is 1. The minimum Gasteiger partial charge on any atom is -0.462 e. The zero-order valence-electron chi connectivity index (χ0n) is 10.6. The Morgan fingerprint density at radius 1 is 1.50 bits per heavy atom. The third kappa shape index (κ3) is 2.72. The monoisotopic (exact) mass is 294 g/mol. The SMILES string of the molecule is NC[C@H]1CC[C@@H](C(=O)Nc2nnc(-c3ccco3)s2)O1. The van der Waals surface area contributed by atoms with Gasteiger partial charge in [-0.1, -0.05) is 11.3 Å². The molecule has 1 fully saturated rings. The summed E-state index contributed by atoms with van der Waals surface area (Å²) in [5, 5.41) is 11.7. The summed E-state index contributed by atoms with van der Waals surface area (Å²) >= 11 is 1.26. The zero-order chi connectivity index (χ0) is 13.9. The number of hydrogen-bond donors (Lipinski definition) is 2. The van der Waals surface area contributed by atoms with Crippen molar-refractivity contribution in [3.8, 4) is 10.8 Å². The second-order valence-corrected chi connectivity index (χ2v) is 5.42. The van der Waals surface area contributed by atoms with Gasteiger partial charge in [0, 0.05) is 6.54 Å². The summed E-state index contributed by atoms with van der Waals surface area (Å²) in [6, 6.07) is 3.56. The Labute approximate surface area is 119 Å². The van der Waals surface area contributed by atoms with Crippen molar-refractivity contribution in [2.45, 2.75) is 25.0 Å². The van der Waals surface area contributed by atoms with Gasteiger partial charge in [0.25, 0.3) is 5.91 Å². The predicted molar refractivity (Wildman–Crippen MR) is 73.2 cm³/mol. The van der Waals surface area contributed by atoms with Crippen LogP contribution in [0.2, 0.25) is 0 Å². The lowest BCUT2D eigenvalue weighted by atomic mass is 10.2. The lowest BCUT2D eigenvalue weighted by molar-refractivity contribution is -0.126. The molecule has 0 bridgehead atoms. The van der Waals surface area contributed by atoms with E-state index in [1.54, 1.807) is 18.4 Å². The molecule has 2 aromatic heterocycles. The molecule has 3 N–H and O–H groups in total. The Bertz CT molecular complexity index is 583. The van der Waals surface area contributed by atoms with Crippen LogP contribution in [0.3, 0.4) is 0 Å². The number of ether oxygens (including phenoxy) is 1. The minimum atomic E-state index is -0.459. The zero-order valence-corrected chi connectivity index (χ0v) is 11.4. The highest BCUT2D eigenvalue weighted by Gasteiger charge is 2.30. The first-order valence-corrected chi connectivity index (χ1v) is 7.11. The first-order valence-electron chi connectivity index (χ1n) is 6.30. The molecule has 3 rings (SSSR count). The number of anilines is 1. The Hall–Kier alpha value is -1.77. The number of rotatable bonds is 4. The van der Waals surface area contributed by atoms with Gasteiger partial charge in [-0.15, -0.1) is 10.2 Å². The average Bonchev–Trinajstić information content (AvgIpc) is 3.19. The van der Waals surface area contributed by atoms with Crippen LogP contribution in [-0.2, 0) is 9.53 Å². The van der Waals surface area contributed by atoms with Crippen LogP contribution in [-0.4, -0.2) is 34.9 Å². The molecule has 0 spiro atoms. The number of carbonyl (C=O) groups excluding carboxylic acids is 1. The number of aromatic nitrogens is 2. The van der Waals surface area contributed by atoms with E-state index < -0.39 is 6.10 Å². The van der Waals surface area contributed by atoms with E-state index in [1.165, 1.54) is 11.3 Å². The lowest BCUT2D eigenvalue weighted by Gasteiger charge is -2.10. The van der Waals surface area contributed by atoms with Gasteiger partial charge in [-0.2, -0.15) is 0 Å². The summed E-state index contributed by atoms with van der Waals surface area (Å²) in [7, 11) is 0. The highest BCUT2D eigenvalue weighted by Crippen LogP contribution is 2.27. The van der Waals surface area contributed by atoms with E-state index in [1.807, 2.05) is 0 Å². The van der Waals surface area contributed by atoms with Gasteiger partial charge in [0.15, 0.2) is 10.8 Å². The molecule has 0 radical (unpaired) electrons. The third-order valence-corrected chi connectivity index (χ3v) is 3.90. The fourth-order valence-electron chi connectivity index (χ4n) is 2.03. The smallest absolute Gasteiger partial charge is 0.255 e. The van der Waals surface area contributed by atoms with Crippen molar-refractivity contribution in [3.63, 3.8) is 0 Å². The minimum absolute atomic E-state index is 0.0288. The van der Waals surface area contributed by atoms with Crippen LogP contribution in [0.25, 0.3) is 10.8 Å². The number of hydrogen-bond acceptors (Lipinski definition) is 7. The van der Waals surface area contributed by atoms with E-state index in [0.717, 1.165) is 6.42 Å². The molecule has 2 aromatic rings. The van der Waals surface area contributed by atoms with Crippen molar-refractivity contribution in [2.75, 3.05) is 11.9 Å². The predicted octanol–water partition coefficient (Wildman–Crippen LogP) is 1.24. The molecule has 0 aliphatic carbocycles. The van der Waals surface area contributed by atoms with E-state index in [-0.39, 0.29) is 12.0 Å². The molecule has 0 saturated carbocycles. The summed E-state index contributed by atoms with van der Waals surface area (Å²) < 4.78 is 10.7. The standard InChI is InChI=1S/C12H14N4O3S/c13-6-7-3-4-8(19-7)10(17)14-12-16-15-11(20-12)9-2-1-5-18-9/h1-2,5,7-8H,3-4,6,13H2,(H,14,16,17)/t7-,8+/m1/s1. The number of nitrogens with two attached hydrogens (primary N) is 1. The molecule has 7 nitrogen and oxygen atoms in total. The fraction of sp³-hybridized carbons (Fsp3) is 0.417. The summed E-state index contributed by atoms with van der Waals surface area (Å²) in [4.78, 5) is 12.0. The van der Waals surface area contributed by atoms with Crippen molar-refractivity contribution < 1.29 is 13.9 Å². The molecule has 0 unspecified atom stereocenters. The van der Waals surface area contributed by atoms with Gasteiger partial charge in [0.1, 0.15) is 6.10 Å². The molecular formula is C12H14N4O3S. The molecule has 20 heavy (non-hydrogen) atoms. The van der Waals surface area contributed by atoms with Gasteiger partial charge >= 0.3 is 0 Å². The molecule has 1 amide bonds. The van der Waals surface area contributed by atoms with Crippen molar-refractivity contribution >= 4 is 22.4 Å². The van der Waals surface area contributed by atoms with Crippen LogP contribution in [0.15, 0.2) is 22.8 Å². The third-order valence-electron chi connectivity index (χ3n) is 3.05. The van der Waals surface area contributed by atoms with Crippen LogP contribution in [0.5, 0.6) is 0 Å². The van der Waals surface area contributed by atoms with Crippen LogP contribution in [0.4, 0.5) is 5.13 Å². The molecule has 2 atom stereocenters. The molecule has 1 saturated heterocycles. The first kappa shape index (κ1) is 13.2. The largest absolute Gasteiger partial charge is 0.462 e. The summed E-state index contributed by atoms with van der Waals surface area (Å²) in [6.45, 7) is 0.436. The van der Waals surface area contributed by atoms with E-state index in [9.17, 15) is 4.79 Å². The molecular weight excluding hydrogens is 280 g/mol. The van der Waals surface area contributed by atoms with E-state index >= 15 is 0 Å². The second kappa shape index (κ2) is 5.70. The van der Waals surface area contributed by atoms with Crippen molar-refractivity contribution in [1.29, 1.82) is 0 Å². The van der Waals surface area contributed by atoms with Gasteiger partial charge in [0.2, 0.25) is 5.13 Å². The maximum Gasteiger partial charge on any atom is 0.255 e. The molecule has 1 aliphatic heterocycles. The Kier molecular flexibility index (Phi) is 3.77. The van der Waals surface area contributed by atoms with Crippen LogP contribution in [0, 0.1) is 0 Å². The maximum absolute atomic E-state index is 12.0. The van der Waals surface area contributed by atoms with Gasteiger partial charge in [-0.3, -0.25) is 10.1 Å². The maximum atomic E-state index is 12.0. The molecule has 0 aromatic carbocycles. The van der Waals surface area contributed by atoms with Crippen molar-refractivity contribution in [1.82, 2.24) is 10.2 Å². The van der Waals surface area contributed by atoms with Gasteiger partial charge in [-0.05, 0) is 25.0 Å². The summed E-state index contributed by atoms with van der Waals surface area (Å²) in [5.41, 5.74) is 5.52. The Morgan fingerprint density at radius 3 is 3.10 bits per heavy atom.